The van der Waals surface area contributed by atoms with Crippen LogP contribution in [0.15, 0.2) is 11.4 Å². The Balaban J connectivity index is 2.42. The summed E-state index contributed by atoms with van der Waals surface area (Å²) < 4.78 is 0. The van der Waals surface area contributed by atoms with Crippen molar-refractivity contribution in [3.63, 3.8) is 0 Å². The predicted molar refractivity (Wildman–Crippen MR) is 51.2 cm³/mol. The summed E-state index contributed by atoms with van der Waals surface area (Å²) in [5.74, 6) is 0. The number of hydrogen-bond donors (Lipinski definition) is 0. The first-order valence-electron chi connectivity index (χ1n) is 3.43. The monoisotopic (exact) mass is 218 g/mol. The summed E-state index contributed by atoms with van der Waals surface area (Å²) in [5.41, 5.74) is 1.49. The van der Waals surface area contributed by atoms with Crippen LogP contribution in [0, 0.1) is 6.92 Å². The van der Waals surface area contributed by atoms with Crippen LogP contribution in [0.4, 0.5) is 0 Å². The largest absolute Gasteiger partial charge is 0.149 e. The van der Waals surface area contributed by atoms with Crippen molar-refractivity contribution in [2.24, 2.45) is 0 Å². The second kappa shape index (κ2) is 4.14. The van der Waals surface area contributed by atoms with E-state index in [9.17, 15) is 0 Å². The van der Waals surface area contributed by atoms with E-state index < -0.39 is 0 Å². The number of halogens is 1. The molecule has 0 bridgehead atoms. The first-order valence-corrected chi connectivity index (χ1v) is 5.43. The average Bonchev–Trinajstić information content (AvgIpc) is 2.31. The Morgan fingerprint density at radius 3 is 2.90 bits per heavy atom. The van der Waals surface area contributed by atoms with E-state index in [0.717, 1.165) is 5.33 Å². The van der Waals surface area contributed by atoms with Gasteiger partial charge in [0.2, 0.25) is 0 Å². The van der Waals surface area contributed by atoms with Gasteiger partial charge in [0.1, 0.15) is 0 Å². The van der Waals surface area contributed by atoms with E-state index in [1.807, 2.05) is 11.3 Å². The molecule has 0 aliphatic rings. The standard InChI is InChI=1S/C8H11BrS/c1-7-5-8(6-10-7)3-2-4-9/h5-6H,2-4H2,1H3. The summed E-state index contributed by atoms with van der Waals surface area (Å²) in [5, 5.41) is 3.36. The molecule has 0 unspecified atom stereocenters. The lowest BCUT2D eigenvalue weighted by Gasteiger charge is -1.90. The molecule has 0 aromatic carbocycles. The minimum Gasteiger partial charge on any atom is -0.149 e. The Morgan fingerprint density at radius 2 is 2.40 bits per heavy atom. The lowest BCUT2D eigenvalue weighted by Crippen LogP contribution is -1.80. The summed E-state index contributed by atoms with van der Waals surface area (Å²) in [6, 6.07) is 2.27. The molecular weight excluding hydrogens is 208 g/mol. The summed E-state index contributed by atoms with van der Waals surface area (Å²) in [6.45, 7) is 2.16. The van der Waals surface area contributed by atoms with Crippen LogP contribution in [0.25, 0.3) is 0 Å². The topological polar surface area (TPSA) is 0 Å². The SMILES string of the molecule is Cc1cc(CCCBr)cs1. The second-order valence-electron chi connectivity index (χ2n) is 2.36. The van der Waals surface area contributed by atoms with Crippen molar-refractivity contribution in [1.29, 1.82) is 0 Å². The fourth-order valence-corrected chi connectivity index (χ4v) is 1.92. The molecule has 56 valence electrons. The molecule has 0 saturated heterocycles. The van der Waals surface area contributed by atoms with Gasteiger partial charge in [0, 0.05) is 10.2 Å². The number of hydrogen-bond acceptors (Lipinski definition) is 1. The van der Waals surface area contributed by atoms with Crippen LogP contribution in [0.2, 0.25) is 0 Å². The quantitative estimate of drug-likeness (QED) is 0.683. The van der Waals surface area contributed by atoms with Gasteiger partial charge in [0.05, 0.1) is 0 Å². The van der Waals surface area contributed by atoms with Gasteiger partial charge >= 0.3 is 0 Å². The Morgan fingerprint density at radius 1 is 1.60 bits per heavy atom. The highest BCUT2D eigenvalue weighted by molar-refractivity contribution is 9.09. The molecule has 0 fully saturated rings. The van der Waals surface area contributed by atoms with Gasteiger partial charge in [-0.15, -0.1) is 11.3 Å². The molecule has 0 amide bonds. The van der Waals surface area contributed by atoms with Crippen molar-refractivity contribution in [2.45, 2.75) is 19.8 Å². The number of aryl methyl sites for hydroxylation is 2. The minimum absolute atomic E-state index is 1.11. The van der Waals surface area contributed by atoms with Gasteiger partial charge in [-0.05, 0) is 36.8 Å². The highest BCUT2D eigenvalue weighted by Gasteiger charge is 1.93. The molecule has 0 atom stereocenters. The van der Waals surface area contributed by atoms with Gasteiger partial charge in [0.25, 0.3) is 0 Å². The summed E-state index contributed by atoms with van der Waals surface area (Å²) >= 11 is 5.26. The lowest BCUT2D eigenvalue weighted by molar-refractivity contribution is 0.944. The zero-order valence-corrected chi connectivity index (χ0v) is 8.46. The van der Waals surface area contributed by atoms with Crippen molar-refractivity contribution in [3.8, 4) is 0 Å². The summed E-state index contributed by atoms with van der Waals surface area (Å²) in [6.07, 6.45) is 2.46. The van der Waals surface area contributed by atoms with Crippen molar-refractivity contribution in [1.82, 2.24) is 0 Å². The van der Waals surface area contributed by atoms with Crippen LogP contribution in [0.3, 0.4) is 0 Å². The molecule has 0 spiro atoms. The van der Waals surface area contributed by atoms with Crippen molar-refractivity contribution < 1.29 is 0 Å². The number of alkyl halides is 1. The first kappa shape index (κ1) is 8.28. The van der Waals surface area contributed by atoms with Gasteiger partial charge < -0.3 is 0 Å². The number of rotatable bonds is 3. The van der Waals surface area contributed by atoms with E-state index in [2.05, 4.69) is 34.3 Å². The van der Waals surface area contributed by atoms with Crippen molar-refractivity contribution in [2.75, 3.05) is 5.33 Å². The zero-order chi connectivity index (χ0) is 7.40. The maximum atomic E-state index is 3.42. The van der Waals surface area contributed by atoms with Crippen LogP contribution in [0.1, 0.15) is 16.9 Å². The fourth-order valence-electron chi connectivity index (χ4n) is 0.900. The van der Waals surface area contributed by atoms with Gasteiger partial charge in [0.15, 0.2) is 0 Å². The van der Waals surface area contributed by atoms with Crippen LogP contribution in [0.5, 0.6) is 0 Å². The highest BCUT2D eigenvalue weighted by atomic mass is 79.9. The first-order chi connectivity index (χ1) is 4.83. The van der Waals surface area contributed by atoms with Gasteiger partial charge in [-0.2, -0.15) is 0 Å². The van der Waals surface area contributed by atoms with Crippen LogP contribution >= 0.6 is 27.3 Å². The molecule has 0 aliphatic heterocycles. The third-order valence-corrected chi connectivity index (χ3v) is 2.85. The van der Waals surface area contributed by atoms with Gasteiger partial charge in [-0.3, -0.25) is 0 Å². The van der Waals surface area contributed by atoms with Gasteiger partial charge in [-0.25, -0.2) is 0 Å². The molecule has 1 aromatic heterocycles. The van der Waals surface area contributed by atoms with E-state index in [0.29, 0.717) is 0 Å². The van der Waals surface area contributed by atoms with E-state index in [1.54, 1.807) is 0 Å². The van der Waals surface area contributed by atoms with Crippen molar-refractivity contribution >= 4 is 27.3 Å². The third kappa shape index (κ3) is 2.43. The molecule has 1 rings (SSSR count). The lowest BCUT2D eigenvalue weighted by atomic mass is 10.2. The smallest absolute Gasteiger partial charge is 0.00344 e. The Hall–Kier alpha value is 0.180. The molecule has 0 N–H and O–H groups in total. The normalized spacial score (nSPS) is 10.2. The molecule has 1 aromatic rings. The van der Waals surface area contributed by atoms with Crippen LogP contribution < -0.4 is 0 Å². The van der Waals surface area contributed by atoms with Crippen LogP contribution in [-0.4, -0.2) is 5.33 Å². The Kier molecular flexibility index (Phi) is 3.43. The molecule has 0 aliphatic carbocycles. The molecule has 2 heteroatoms. The Bertz CT molecular complexity index is 193. The molecule has 1 heterocycles. The minimum atomic E-state index is 1.11. The maximum absolute atomic E-state index is 3.42. The maximum Gasteiger partial charge on any atom is 0.00344 e. The third-order valence-electron chi connectivity index (χ3n) is 1.38. The second-order valence-corrected chi connectivity index (χ2v) is 4.27. The molecule has 0 nitrogen and oxygen atoms in total. The molecule has 10 heavy (non-hydrogen) atoms. The predicted octanol–water partition coefficient (Wildman–Crippen LogP) is 3.38. The Labute approximate surface area is 74.4 Å². The molecular formula is C8H11BrS. The zero-order valence-electron chi connectivity index (χ0n) is 6.06. The molecule has 0 saturated carbocycles. The van der Waals surface area contributed by atoms with E-state index in [-0.39, 0.29) is 0 Å². The number of thiophene rings is 1. The van der Waals surface area contributed by atoms with Crippen molar-refractivity contribution in [3.05, 3.63) is 21.9 Å². The van der Waals surface area contributed by atoms with E-state index in [1.165, 1.54) is 23.3 Å². The van der Waals surface area contributed by atoms with Crippen LogP contribution in [-0.2, 0) is 6.42 Å². The average molecular weight is 219 g/mol. The summed E-state index contributed by atoms with van der Waals surface area (Å²) in [4.78, 5) is 1.42. The van der Waals surface area contributed by atoms with Gasteiger partial charge in [-0.1, -0.05) is 15.9 Å². The summed E-state index contributed by atoms with van der Waals surface area (Å²) in [7, 11) is 0. The fraction of sp³-hybridized carbons (Fsp3) is 0.500. The highest BCUT2D eigenvalue weighted by Crippen LogP contribution is 2.14. The molecule has 0 radical (unpaired) electrons. The van der Waals surface area contributed by atoms with E-state index in [4.69, 9.17) is 0 Å². The van der Waals surface area contributed by atoms with E-state index >= 15 is 0 Å².